The van der Waals surface area contributed by atoms with Crippen LogP contribution in [0.1, 0.15) is 61.0 Å². The van der Waals surface area contributed by atoms with Crippen LogP contribution in [0.3, 0.4) is 0 Å². The van der Waals surface area contributed by atoms with Crippen LogP contribution in [-0.4, -0.2) is 50.9 Å². The van der Waals surface area contributed by atoms with E-state index in [0.29, 0.717) is 11.6 Å². The van der Waals surface area contributed by atoms with Crippen molar-refractivity contribution in [1.82, 2.24) is 15.1 Å². The molecule has 1 aromatic heterocycles. The molecule has 120 valence electrons. The van der Waals surface area contributed by atoms with E-state index in [-0.39, 0.29) is 30.3 Å². The van der Waals surface area contributed by atoms with Crippen LogP contribution in [0.5, 0.6) is 0 Å². The van der Waals surface area contributed by atoms with Crippen molar-refractivity contribution in [3.8, 4) is 0 Å². The Kier molecular flexibility index (Phi) is 3.10. The summed E-state index contributed by atoms with van der Waals surface area (Å²) in [4.78, 5) is 14.9. The van der Waals surface area contributed by atoms with Crippen LogP contribution in [0.15, 0.2) is 0 Å². The maximum absolute atomic E-state index is 12.9. The van der Waals surface area contributed by atoms with Crippen molar-refractivity contribution in [2.24, 2.45) is 5.92 Å². The lowest BCUT2D eigenvalue weighted by atomic mass is 9.61. The number of aromatic amines is 1. The number of rotatable bonds is 2. The van der Waals surface area contributed by atoms with Gasteiger partial charge < -0.3 is 14.7 Å². The van der Waals surface area contributed by atoms with Gasteiger partial charge in [0, 0.05) is 30.7 Å². The number of aromatic nitrogens is 2. The summed E-state index contributed by atoms with van der Waals surface area (Å²) in [5, 5.41) is 16.5. The molecule has 1 saturated heterocycles. The molecule has 4 rings (SSSR count). The fourth-order valence-electron chi connectivity index (χ4n) is 4.40. The number of amides is 1. The van der Waals surface area contributed by atoms with Gasteiger partial charge >= 0.3 is 0 Å². The van der Waals surface area contributed by atoms with Gasteiger partial charge in [-0.15, -0.1) is 0 Å². The first-order valence-electron chi connectivity index (χ1n) is 8.19. The number of nitrogens with zero attached hydrogens (tertiary/aromatic N) is 2. The Morgan fingerprint density at radius 2 is 2.27 bits per heavy atom. The van der Waals surface area contributed by atoms with Gasteiger partial charge in [0.25, 0.3) is 5.91 Å². The summed E-state index contributed by atoms with van der Waals surface area (Å²) in [7, 11) is 0. The number of hydrogen-bond acceptors (Lipinski definition) is 4. The van der Waals surface area contributed by atoms with Crippen LogP contribution < -0.4 is 0 Å². The number of carbonyl (C=O) groups is 1. The highest BCUT2D eigenvalue weighted by atomic mass is 16.5. The van der Waals surface area contributed by atoms with Gasteiger partial charge in [0.1, 0.15) is 0 Å². The van der Waals surface area contributed by atoms with Gasteiger partial charge in [-0.25, -0.2) is 0 Å². The van der Waals surface area contributed by atoms with E-state index in [1.807, 2.05) is 18.7 Å². The van der Waals surface area contributed by atoms with Crippen molar-refractivity contribution in [3.05, 3.63) is 17.0 Å². The SMILES string of the molecule is C[C@@H]1Cc2c(C(=O)N3CCC34CC(CO)C4)n[nH]c2[C@H](C)O1. The van der Waals surface area contributed by atoms with Gasteiger partial charge in [-0.3, -0.25) is 9.89 Å². The highest BCUT2D eigenvalue weighted by Crippen LogP contribution is 2.51. The monoisotopic (exact) mass is 305 g/mol. The first-order chi connectivity index (χ1) is 10.5. The summed E-state index contributed by atoms with van der Waals surface area (Å²) < 4.78 is 5.78. The smallest absolute Gasteiger partial charge is 0.275 e. The summed E-state index contributed by atoms with van der Waals surface area (Å²) >= 11 is 0. The van der Waals surface area contributed by atoms with E-state index in [9.17, 15) is 9.90 Å². The normalized spacial score (nSPS) is 36.7. The van der Waals surface area contributed by atoms with E-state index >= 15 is 0 Å². The summed E-state index contributed by atoms with van der Waals surface area (Å²) in [6.07, 6.45) is 3.71. The van der Waals surface area contributed by atoms with Crippen molar-refractivity contribution in [3.63, 3.8) is 0 Å². The second-order valence-electron chi connectivity index (χ2n) is 7.15. The van der Waals surface area contributed by atoms with E-state index in [1.165, 1.54) is 0 Å². The molecule has 1 aliphatic carbocycles. The lowest BCUT2D eigenvalue weighted by molar-refractivity contribution is -0.0908. The molecule has 0 aromatic carbocycles. The number of hydrogen-bond donors (Lipinski definition) is 2. The first-order valence-corrected chi connectivity index (χ1v) is 8.19. The highest BCUT2D eigenvalue weighted by Gasteiger charge is 2.56. The van der Waals surface area contributed by atoms with E-state index < -0.39 is 0 Å². The molecule has 1 amide bonds. The van der Waals surface area contributed by atoms with Crippen molar-refractivity contribution >= 4 is 5.91 Å². The number of aliphatic hydroxyl groups excluding tert-OH is 1. The molecule has 1 spiro atoms. The molecule has 2 fully saturated rings. The fraction of sp³-hybridized carbons (Fsp3) is 0.750. The Labute approximate surface area is 129 Å². The zero-order valence-corrected chi connectivity index (χ0v) is 13.1. The minimum atomic E-state index is -0.0411. The Bertz CT molecular complexity index is 606. The van der Waals surface area contributed by atoms with Crippen molar-refractivity contribution in [1.29, 1.82) is 0 Å². The van der Waals surface area contributed by atoms with Gasteiger partial charge in [0.05, 0.1) is 17.9 Å². The van der Waals surface area contributed by atoms with E-state index in [4.69, 9.17) is 4.74 Å². The minimum absolute atomic E-state index is 0.00128. The van der Waals surface area contributed by atoms with Crippen LogP contribution in [0, 0.1) is 5.92 Å². The summed E-state index contributed by atoms with van der Waals surface area (Å²) in [6.45, 7) is 5.06. The summed E-state index contributed by atoms with van der Waals surface area (Å²) in [5.74, 6) is 0.401. The second-order valence-corrected chi connectivity index (χ2v) is 7.15. The number of likely N-dealkylation sites (tertiary alicyclic amines) is 1. The largest absolute Gasteiger partial charge is 0.396 e. The van der Waals surface area contributed by atoms with Crippen LogP contribution in [0.25, 0.3) is 0 Å². The molecule has 0 unspecified atom stereocenters. The number of fused-ring (bicyclic) bond motifs is 1. The fourth-order valence-corrected chi connectivity index (χ4v) is 4.40. The molecule has 2 aliphatic heterocycles. The van der Waals surface area contributed by atoms with Gasteiger partial charge in [-0.05, 0) is 39.0 Å². The maximum atomic E-state index is 12.9. The summed E-state index contributed by atoms with van der Waals surface area (Å²) in [6, 6.07) is 0. The molecule has 6 heteroatoms. The van der Waals surface area contributed by atoms with Crippen LogP contribution in [-0.2, 0) is 11.2 Å². The molecular formula is C16H23N3O3. The predicted molar refractivity (Wildman–Crippen MR) is 79.4 cm³/mol. The quantitative estimate of drug-likeness (QED) is 0.866. The molecule has 2 N–H and O–H groups in total. The predicted octanol–water partition coefficient (Wildman–Crippen LogP) is 1.42. The average molecular weight is 305 g/mol. The van der Waals surface area contributed by atoms with Gasteiger partial charge in [-0.1, -0.05) is 0 Å². The molecule has 22 heavy (non-hydrogen) atoms. The standard InChI is InChI=1S/C16H23N3O3/c1-9-5-12-13(10(2)22-9)17-18-14(12)15(21)19-4-3-16(19)6-11(7-16)8-20/h9-11,20H,3-8H2,1-2H3,(H,17,18)/t9-,10+,11?,16?/m1/s1. The Balaban J connectivity index is 1.57. The third kappa shape index (κ3) is 1.86. The van der Waals surface area contributed by atoms with Crippen LogP contribution >= 0.6 is 0 Å². The molecule has 3 aliphatic rings. The number of aliphatic hydroxyl groups is 1. The highest BCUT2D eigenvalue weighted by molar-refractivity contribution is 5.95. The maximum Gasteiger partial charge on any atom is 0.275 e. The van der Waals surface area contributed by atoms with Gasteiger partial charge in [-0.2, -0.15) is 5.10 Å². The number of H-pyrrole nitrogens is 1. The molecule has 3 heterocycles. The molecular weight excluding hydrogens is 282 g/mol. The zero-order valence-electron chi connectivity index (χ0n) is 13.1. The van der Waals surface area contributed by atoms with Gasteiger partial charge in [0.2, 0.25) is 0 Å². The number of ether oxygens (including phenoxy) is 1. The molecule has 0 radical (unpaired) electrons. The Morgan fingerprint density at radius 3 is 2.91 bits per heavy atom. The third-order valence-corrected chi connectivity index (χ3v) is 5.65. The van der Waals surface area contributed by atoms with Crippen molar-refractivity contribution in [2.75, 3.05) is 13.2 Å². The average Bonchev–Trinajstić information content (AvgIpc) is 2.80. The van der Waals surface area contributed by atoms with Crippen LogP contribution in [0.4, 0.5) is 0 Å². The third-order valence-electron chi connectivity index (χ3n) is 5.65. The Morgan fingerprint density at radius 1 is 1.50 bits per heavy atom. The Hall–Kier alpha value is -1.40. The minimum Gasteiger partial charge on any atom is -0.396 e. The summed E-state index contributed by atoms with van der Waals surface area (Å²) in [5.41, 5.74) is 2.54. The van der Waals surface area contributed by atoms with Gasteiger partial charge in [0.15, 0.2) is 5.69 Å². The van der Waals surface area contributed by atoms with Crippen molar-refractivity contribution in [2.45, 2.75) is 57.3 Å². The second kappa shape index (κ2) is 4.80. The zero-order chi connectivity index (χ0) is 15.5. The lowest BCUT2D eigenvalue weighted by Gasteiger charge is -2.61. The van der Waals surface area contributed by atoms with E-state index in [0.717, 1.165) is 43.5 Å². The molecule has 6 nitrogen and oxygen atoms in total. The van der Waals surface area contributed by atoms with E-state index in [1.54, 1.807) is 0 Å². The van der Waals surface area contributed by atoms with Crippen LogP contribution in [0.2, 0.25) is 0 Å². The topological polar surface area (TPSA) is 78.5 Å². The molecule has 2 atom stereocenters. The van der Waals surface area contributed by atoms with E-state index in [2.05, 4.69) is 10.2 Å². The lowest BCUT2D eigenvalue weighted by Crippen LogP contribution is -2.68. The first kappa shape index (κ1) is 14.2. The molecule has 1 saturated carbocycles. The number of carbonyl (C=O) groups excluding carboxylic acids is 1. The van der Waals surface area contributed by atoms with Crippen molar-refractivity contribution < 1.29 is 14.6 Å². The molecule has 1 aromatic rings. The number of nitrogens with one attached hydrogen (secondary N) is 1. The molecule has 0 bridgehead atoms.